The van der Waals surface area contributed by atoms with Crippen LogP contribution in [0.4, 0.5) is 14.6 Å². The number of aromatic nitrogens is 1. The summed E-state index contributed by atoms with van der Waals surface area (Å²) in [6.45, 7) is 2.40. The van der Waals surface area contributed by atoms with E-state index in [0.29, 0.717) is 30.5 Å². The minimum Gasteiger partial charge on any atom is -0.356 e. The number of nitrogens with one attached hydrogen (secondary N) is 2. The highest BCUT2D eigenvalue weighted by atomic mass is 19.1. The first-order valence-corrected chi connectivity index (χ1v) is 9.23. The van der Waals surface area contributed by atoms with Crippen LogP contribution in [-0.4, -0.2) is 43.7 Å². The molecule has 1 aromatic heterocycles. The summed E-state index contributed by atoms with van der Waals surface area (Å²) >= 11 is 0. The summed E-state index contributed by atoms with van der Waals surface area (Å²) in [6.07, 6.45) is 4.26. The molecular weight excluding hydrogens is 348 g/mol. The molecule has 1 saturated heterocycles. The third kappa shape index (κ3) is 5.39. The zero-order valence-electron chi connectivity index (χ0n) is 15.5. The fraction of sp³-hybridized carbons (Fsp3) is 0.400. The zero-order valence-corrected chi connectivity index (χ0v) is 15.5. The number of piperidine rings is 1. The number of halogens is 2. The van der Waals surface area contributed by atoms with Crippen molar-refractivity contribution in [3.63, 3.8) is 0 Å². The normalized spacial score (nSPS) is 15.7. The lowest BCUT2D eigenvalue weighted by Crippen LogP contribution is -2.49. The van der Waals surface area contributed by atoms with Crippen molar-refractivity contribution in [2.75, 3.05) is 31.6 Å². The van der Waals surface area contributed by atoms with Gasteiger partial charge in [0.2, 0.25) is 0 Å². The number of hydrogen-bond donors (Lipinski definition) is 2. The van der Waals surface area contributed by atoms with Gasteiger partial charge in [-0.15, -0.1) is 0 Å². The maximum Gasteiger partial charge on any atom is 0.191 e. The van der Waals surface area contributed by atoms with Gasteiger partial charge in [0.15, 0.2) is 5.96 Å². The van der Waals surface area contributed by atoms with Gasteiger partial charge in [0.05, 0.1) is 0 Å². The van der Waals surface area contributed by atoms with E-state index in [1.54, 1.807) is 7.05 Å². The van der Waals surface area contributed by atoms with Crippen molar-refractivity contribution in [2.24, 2.45) is 4.99 Å². The van der Waals surface area contributed by atoms with E-state index in [1.807, 2.05) is 24.4 Å². The molecule has 2 heterocycles. The van der Waals surface area contributed by atoms with Gasteiger partial charge in [-0.2, -0.15) is 0 Å². The number of nitrogens with zero attached hydrogens (tertiary/aromatic N) is 3. The highest BCUT2D eigenvalue weighted by molar-refractivity contribution is 5.80. The lowest BCUT2D eigenvalue weighted by atomic mass is 10.1. The second kappa shape index (κ2) is 9.30. The number of pyridine rings is 1. The average molecular weight is 373 g/mol. The summed E-state index contributed by atoms with van der Waals surface area (Å²) in [5.74, 6) is 0.647. The van der Waals surface area contributed by atoms with Gasteiger partial charge in [0.25, 0.3) is 0 Å². The molecule has 1 aliphatic rings. The molecule has 0 spiro atoms. The molecule has 0 bridgehead atoms. The molecule has 2 N–H and O–H groups in total. The van der Waals surface area contributed by atoms with Crippen LogP contribution in [0, 0.1) is 11.6 Å². The lowest BCUT2D eigenvalue weighted by Gasteiger charge is -2.33. The lowest BCUT2D eigenvalue weighted by molar-refractivity contribution is 0.459. The van der Waals surface area contributed by atoms with Crippen LogP contribution in [0.15, 0.2) is 47.6 Å². The van der Waals surface area contributed by atoms with Crippen molar-refractivity contribution in [3.05, 3.63) is 59.8 Å². The minimum absolute atomic E-state index is 0.332. The third-order valence-electron chi connectivity index (χ3n) is 4.73. The molecule has 1 aliphatic heterocycles. The van der Waals surface area contributed by atoms with Crippen molar-refractivity contribution in [3.8, 4) is 0 Å². The van der Waals surface area contributed by atoms with Crippen LogP contribution in [0.25, 0.3) is 0 Å². The Morgan fingerprint density at radius 2 is 2.04 bits per heavy atom. The SMILES string of the molecule is CN=C(NCCc1ccc(F)cc1F)NC1CCN(c2ccccn2)CC1. The summed E-state index contributed by atoms with van der Waals surface area (Å²) < 4.78 is 26.6. The second-order valence-corrected chi connectivity index (χ2v) is 6.58. The van der Waals surface area contributed by atoms with Crippen LogP contribution in [0.1, 0.15) is 18.4 Å². The van der Waals surface area contributed by atoms with E-state index < -0.39 is 11.6 Å². The molecule has 0 radical (unpaired) electrons. The van der Waals surface area contributed by atoms with Gasteiger partial charge in [-0.05, 0) is 43.0 Å². The maximum atomic E-state index is 13.7. The quantitative estimate of drug-likeness (QED) is 0.625. The van der Waals surface area contributed by atoms with Gasteiger partial charge < -0.3 is 15.5 Å². The Balaban J connectivity index is 1.43. The van der Waals surface area contributed by atoms with Gasteiger partial charge in [0.1, 0.15) is 17.5 Å². The topological polar surface area (TPSA) is 52.6 Å². The van der Waals surface area contributed by atoms with E-state index in [-0.39, 0.29) is 0 Å². The van der Waals surface area contributed by atoms with Gasteiger partial charge >= 0.3 is 0 Å². The number of rotatable bonds is 5. The molecule has 5 nitrogen and oxygen atoms in total. The molecule has 0 saturated carbocycles. The highest BCUT2D eigenvalue weighted by Gasteiger charge is 2.20. The standard InChI is InChI=1S/C20H25F2N5/c1-23-20(25-11-7-15-5-6-16(21)14-18(15)22)26-17-8-12-27(13-9-17)19-4-2-3-10-24-19/h2-6,10,14,17H,7-9,11-13H2,1H3,(H2,23,25,26). The van der Waals surface area contributed by atoms with Crippen molar-refractivity contribution in [2.45, 2.75) is 25.3 Å². The van der Waals surface area contributed by atoms with Crippen molar-refractivity contribution in [1.82, 2.24) is 15.6 Å². The first-order chi connectivity index (χ1) is 13.2. The van der Waals surface area contributed by atoms with E-state index in [0.717, 1.165) is 37.8 Å². The minimum atomic E-state index is -0.557. The van der Waals surface area contributed by atoms with Crippen molar-refractivity contribution in [1.29, 1.82) is 0 Å². The molecule has 2 aromatic rings. The number of benzene rings is 1. The Bertz CT molecular complexity index is 758. The number of hydrogen-bond acceptors (Lipinski definition) is 3. The third-order valence-corrected chi connectivity index (χ3v) is 4.73. The number of guanidine groups is 1. The van der Waals surface area contributed by atoms with Crippen LogP contribution in [0.5, 0.6) is 0 Å². The largest absolute Gasteiger partial charge is 0.356 e. The van der Waals surface area contributed by atoms with E-state index in [2.05, 4.69) is 25.5 Å². The Morgan fingerprint density at radius 1 is 1.22 bits per heavy atom. The van der Waals surface area contributed by atoms with E-state index in [1.165, 1.54) is 12.1 Å². The maximum absolute atomic E-state index is 13.7. The Kier molecular flexibility index (Phi) is 6.57. The molecule has 7 heteroatoms. The van der Waals surface area contributed by atoms with Crippen LogP contribution in [-0.2, 0) is 6.42 Å². The van der Waals surface area contributed by atoms with E-state index >= 15 is 0 Å². The molecule has 0 aliphatic carbocycles. The molecular formula is C20H25F2N5. The summed E-state index contributed by atoms with van der Waals surface area (Å²) in [5, 5.41) is 6.63. The van der Waals surface area contributed by atoms with Crippen LogP contribution in [0.2, 0.25) is 0 Å². The second-order valence-electron chi connectivity index (χ2n) is 6.58. The zero-order chi connectivity index (χ0) is 19.1. The predicted molar refractivity (Wildman–Crippen MR) is 104 cm³/mol. The molecule has 0 amide bonds. The van der Waals surface area contributed by atoms with Crippen LogP contribution in [0.3, 0.4) is 0 Å². The molecule has 0 unspecified atom stereocenters. The van der Waals surface area contributed by atoms with Crippen LogP contribution >= 0.6 is 0 Å². The highest BCUT2D eigenvalue weighted by Crippen LogP contribution is 2.17. The molecule has 0 atom stereocenters. The monoisotopic (exact) mass is 373 g/mol. The molecule has 27 heavy (non-hydrogen) atoms. The predicted octanol–water partition coefficient (Wildman–Crippen LogP) is 2.74. The number of anilines is 1. The fourth-order valence-corrected chi connectivity index (χ4v) is 3.22. The fourth-order valence-electron chi connectivity index (χ4n) is 3.22. The Morgan fingerprint density at radius 3 is 2.70 bits per heavy atom. The van der Waals surface area contributed by atoms with E-state index in [4.69, 9.17) is 0 Å². The summed E-state index contributed by atoms with van der Waals surface area (Å²) in [7, 11) is 1.72. The molecule has 1 fully saturated rings. The Hall–Kier alpha value is -2.70. The molecule has 3 rings (SSSR count). The van der Waals surface area contributed by atoms with E-state index in [9.17, 15) is 8.78 Å². The summed E-state index contributed by atoms with van der Waals surface area (Å²) in [6, 6.07) is 9.96. The Labute approximate surface area is 158 Å². The summed E-state index contributed by atoms with van der Waals surface area (Å²) in [5.41, 5.74) is 0.489. The molecule has 1 aromatic carbocycles. The van der Waals surface area contributed by atoms with Gasteiger partial charge in [-0.1, -0.05) is 12.1 Å². The first kappa shape index (κ1) is 19.1. The first-order valence-electron chi connectivity index (χ1n) is 9.23. The van der Waals surface area contributed by atoms with Crippen LogP contribution < -0.4 is 15.5 Å². The van der Waals surface area contributed by atoms with Crippen molar-refractivity contribution >= 4 is 11.8 Å². The van der Waals surface area contributed by atoms with Gasteiger partial charge in [0, 0.05) is 45.0 Å². The van der Waals surface area contributed by atoms with Crippen molar-refractivity contribution < 1.29 is 8.78 Å². The molecule has 144 valence electrons. The average Bonchev–Trinajstić information content (AvgIpc) is 2.70. The smallest absolute Gasteiger partial charge is 0.191 e. The number of aliphatic imine (C=N–C) groups is 1. The summed E-state index contributed by atoms with van der Waals surface area (Å²) in [4.78, 5) is 10.9. The van der Waals surface area contributed by atoms with Gasteiger partial charge in [-0.3, -0.25) is 4.99 Å². The van der Waals surface area contributed by atoms with Gasteiger partial charge in [-0.25, -0.2) is 13.8 Å².